The summed E-state index contributed by atoms with van der Waals surface area (Å²) >= 11 is 6.69. The molecule has 1 atom stereocenters. The Bertz CT molecular complexity index is 1900. The van der Waals surface area contributed by atoms with Crippen molar-refractivity contribution in [3.05, 3.63) is 105 Å². The molecule has 8 nitrogen and oxygen atoms in total. The number of aromatic nitrogens is 3. The van der Waals surface area contributed by atoms with E-state index in [0.717, 1.165) is 26.2 Å². The highest BCUT2D eigenvalue weighted by Crippen LogP contribution is 2.44. The molecule has 2 heterocycles. The third kappa shape index (κ3) is 3.94. The van der Waals surface area contributed by atoms with Crippen LogP contribution in [0.15, 0.2) is 77.6 Å². The first kappa shape index (κ1) is 24.0. The highest BCUT2D eigenvalue weighted by Gasteiger charge is 2.38. The molecule has 0 saturated carbocycles. The number of carbonyl (C=O) groups is 1. The second-order valence-electron chi connectivity index (χ2n) is 8.70. The van der Waals surface area contributed by atoms with E-state index in [1.165, 1.54) is 22.8 Å². The van der Waals surface area contributed by atoms with Crippen molar-refractivity contribution >= 4 is 63.6 Å². The minimum Gasteiger partial charge on any atom is -0.508 e. The van der Waals surface area contributed by atoms with Crippen molar-refractivity contribution in [3.8, 4) is 11.5 Å². The van der Waals surface area contributed by atoms with Crippen LogP contribution in [-0.4, -0.2) is 36.7 Å². The summed E-state index contributed by atoms with van der Waals surface area (Å²) in [7, 11) is 0. The average Bonchev–Trinajstić information content (AvgIpc) is 3.29. The number of carbonyl (C=O) groups excluding carboxylic acids is 1. The van der Waals surface area contributed by atoms with E-state index in [1.807, 2.05) is 54.6 Å². The van der Waals surface area contributed by atoms with Crippen LogP contribution in [0.3, 0.4) is 0 Å². The first-order valence-corrected chi connectivity index (χ1v) is 13.1. The smallest absolute Gasteiger partial charge is 0.299 e. The number of rotatable bonds is 4. The van der Waals surface area contributed by atoms with Gasteiger partial charge in [-0.15, -0.1) is 11.8 Å². The number of phenolic OH excluding ortho intramolecular Hbond substituents is 2. The number of hydrogen-bond acceptors (Lipinski definition) is 7. The molecule has 1 saturated heterocycles. The number of benzene rings is 4. The third-order valence-corrected chi connectivity index (χ3v) is 7.91. The minimum atomic E-state index is -0.692. The van der Waals surface area contributed by atoms with Gasteiger partial charge in [-0.3, -0.25) is 14.7 Å². The Morgan fingerprint density at radius 1 is 0.895 bits per heavy atom. The van der Waals surface area contributed by atoms with Gasteiger partial charge in [0.05, 0.1) is 5.75 Å². The summed E-state index contributed by atoms with van der Waals surface area (Å²) < 4.78 is 1.04. The summed E-state index contributed by atoms with van der Waals surface area (Å²) in [5, 5.41) is 32.1. The van der Waals surface area contributed by atoms with Gasteiger partial charge in [0.25, 0.3) is 11.5 Å². The molecule has 1 aliphatic heterocycles. The number of nitrogens with one attached hydrogen (secondary N) is 1. The van der Waals surface area contributed by atoms with E-state index in [1.54, 1.807) is 24.3 Å². The maximum absolute atomic E-state index is 13.7. The van der Waals surface area contributed by atoms with Crippen molar-refractivity contribution in [2.24, 2.45) is 0 Å². The van der Waals surface area contributed by atoms with E-state index >= 15 is 0 Å². The lowest BCUT2D eigenvalue weighted by atomic mass is 10.0. The largest absolute Gasteiger partial charge is 0.508 e. The van der Waals surface area contributed by atoms with E-state index in [2.05, 4.69) is 10.2 Å². The molecule has 1 aromatic heterocycles. The maximum atomic E-state index is 13.7. The molecule has 0 bridgehead atoms. The van der Waals surface area contributed by atoms with E-state index in [9.17, 15) is 19.8 Å². The summed E-state index contributed by atoms with van der Waals surface area (Å²) in [6, 6.07) is 21.9. The van der Waals surface area contributed by atoms with Gasteiger partial charge in [-0.25, -0.2) is 5.01 Å². The molecule has 1 fully saturated rings. The third-order valence-electron chi connectivity index (χ3n) is 6.48. The van der Waals surface area contributed by atoms with Crippen LogP contribution < -0.4 is 10.6 Å². The number of thioether (sulfide) groups is 1. The lowest BCUT2D eigenvalue weighted by Crippen LogP contribution is -2.46. The van der Waals surface area contributed by atoms with Crippen LogP contribution in [-0.2, 0) is 4.79 Å². The molecule has 10 heteroatoms. The van der Waals surface area contributed by atoms with Gasteiger partial charge in [-0.05, 0) is 58.0 Å². The molecule has 6 rings (SSSR count). The van der Waals surface area contributed by atoms with Gasteiger partial charge >= 0.3 is 0 Å². The van der Waals surface area contributed by atoms with Crippen molar-refractivity contribution < 1.29 is 15.0 Å². The van der Waals surface area contributed by atoms with Crippen molar-refractivity contribution in [1.82, 2.24) is 14.9 Å². The Kier molecular flexibility index (Phi) is 5.97. The Morgan fingerprint density at radius 2 is 1.55 bits per heavy atom. The molecule has 3 N–H and O–H groups in total. The Hall–Kier alpha value is -4.41. The fraction of sp³-hybridized carbons (Fsp3) is 0.0714. The van der Waals surface area contributed by atoms with Crippen molar-refractivity contribution in [3.63, 3.8) is 0 Å². The first-order valence-electron chi connectivity index (χ1n) is 11.7. The van der Waals surface area contributed by atoms with E-state index in [4.69, 9.17) is 12.2 Å². The van der Waals surface area contributed by atoms with Crippen molar-refractivity contribution in [1.29, 1.82) is 0 Å². The highest BCUT2D eigenvalue weighted by atomic mass is 32.2. The molecule has 4 aromatic carbocycles. The number of aromatic hydroxyl groups is 2. The number of aromatic amines is 1. The average molecular weight is 541 g/mol. The van der Waals surface area contributed by atoms with Gasteiger partial charge in [0, 0.05) is 11.1 Å². The number of nitrogens with zero attached hydrogens (tertiary/aromatic N) is 3. The van der Waals surface area contributed by atoms with Gasteiger partial charge in [0.15, 0.2) is 5.69 Å². The predicted octanol–water partition coefficient (Wildman–Crippen LogP) is 5.10. The van der Waals surface area contributed by atoms with Crippen LogP contribution >= 0.6 is 24.0 Å². The van der Waals surface area contributed by atoms with Gasteiger partial charge in [0.2, 0.25) is 4.77 Å². The molecule has 5 aromatic rings. The van der Waals surface area contributed by atoms with Crippen molar-refractivity contribution in [2.45, 2.75) is 5.37 Å². The molecule has 0 spiro atoms. The van der Waals surface area contributed by atoms with Crippen LogP contribution in [0.1, 0.15) is 22.2 Å². The molecule has 1 unspecified atom stereocenters. The van der Waals surface area contributed by atoms with E-state index in [0.29, 0.717) is 11.1 Å². The van der Waals surface area contributed by atoms with Crippen molar-refractivity contribution in [2.75, 3.05) is 10.8 Å². The lowest BCUT2D eigenvalue weighted by Gasteiger charge is -2.26. The van der Waals surface area contributed by atoms with Gasteiger partial charge in [-0.1, -0.05) is 60.7 Å². The van der Waals surface area contributed by atoms with Crippen LogP contribution in [0.5, 0.6) is 11.5 Å². The molecule has 1 aliphatic rings. The fourth-order valence-electron chi connectivity index (χ4n) is 4.71. The molecule has 188 valence electrons. The van der Waals surface area contributed by atoms with Gasteiger partial charge in [0.1, 0.15) is 16.9 Å². The highest BCUT2D eigenvalue weighted by molar-refractivity contribution is 8.00. The quantitative estimate of drug-likeness (QED) is 0.272. The normalized spacial score (nSPS) is 15.7. The number of phenols is 2. The van der Waals surface area contributed by atoms with E-state index in [-0.39, 0.29) is 33.6 Å². The lowest BCUT2D eigenvalue weighted by molar-refractivity contribution is -0.117. The molecule has 0 radical (unpaired) electrons. The molecule has 0 aliphatic carbocycles. The molecular formula is C28H20N4O4S2. The zero-order valence-corrected chi connectivity index (χ0v) is 21.4. The minimum absolute atomic E-state index is 0.00322. The second-order valence-corrected chi connectivity index (χ2v) is 10.2. The first-order chi connectivity index (χ1) is 18.4. The van der Waals surface area contributed by atoms with E-state index < -0.39 is 10.9 Å². The Morgan fingerprint density at radius 3 is 2.32 bits per heavy atom. The summed E-state index contributed by atoms with van der Waals surface area (Å²) in [6.45, 7) is 0. The summed E-state index contributed by atoms with van der Waals surface area (Å²) in [4.78, 5) is 26.8. The van der Waals surface area contributed by atoms with Gasteiger partial charge in [-0.2, -0.15) is 9.77 Å². The standard InChI is InChI=1S/C28H20N4O4S2/c33-22-13-9-16-5-1-3-7-18(16)20(22)11-12-21-26(36)32(28(37)30-29-21)31-24(35)15-38-27(31)25-19-8-4-2-6-17(19)10-14-23(25)34/h1-14,27,33-34H,15H2,(H,30,37)/b12-11+. The summed E-state index contributed by atoms with van der Waals surface area (Å²) in [5.41, 5.74) is 0.446. The van der Waals surface area contributed by atoms with Crippen LogP contribution in [0.25, 0.3) is 33.7 Å². The van der Waals surface area contributed by atoms with Crippen LogP contribution in [0.4, 0.5) is 0 Å². The maximum Gasteiger partial charge on any atom is 0.299 e. The number of H-pyrrole nitrogens is 1. The fourth-order valence-corrected chi connectivity index (χ4v) is 6.13. The number of hydrogen-bond donors (Lipinski definition) is 3. The summed E-state index contributed by atoms with van der Waals surface area (Å²) in [6.07, 6.45) is 3.08. The molecule has 1 amide bonds. The number of fused-ring (bicyclic) bond motifs is 2. The zero-order valence-electron chi connectivity index (χ0n) is 19.7. The summed E-state index contributed by atoms with van der Waals surface area (Å²) in [5.74, 6) is -0.153. The second kappa shape index (κ2) is 9.47. The van der Waals surface area contributed by atoms with Crippen LogP contribution in [0, 0.1) is 4.77 Å². The van der Waals surface area contributed by atoms with Gasteiger partial charge < -0.3 is 10.2 Å². The Labute approximate surface area is 225 Å². The topological polar surface area (TPSA) is 111 Å². The molecule has 38 heavy (non-hydrogen) atoms. The Balaban J connectivity index is 1.47. The predicted molar refractivity (Wildman–Crippen MR) is 152 cm³/mol. The SMILES string of the molecule is O=C1CSC(c2c(O)ccc3ccccc23)N1n1c(=S)[nH]nc(/C=C/c2c(O)ccc3ccccc23)c1=O. The zero-order chi connectivity index (χ0) is 26.4. The monoisotopic (exact) mass is 540 g/mol. The van der Waals surface area contributed by atoms with Crippen LogP contribution in [0.2, 0.25) is 0 Å². The number of amides is 1. The molecular weight excluding hydrogens is 520 g/mol.